The molecule has 0 spiro atoms. The fourth-order valence-corrected chi connectivity index (χ4v) is 4.34. The summed E-state index contributed by atoms with van der Waals surface area (Å²) in [5, 5.41) is 6.69. The van der Waals surface area contributed by atoms with E-state index in [0.717, 1.165) is 23.3 Å². The Morgan fingerprint density at radius 1 is 0.686 bits per heavy atom. The summed E-state index contributed by atoms with van der Waals surface area (Å²) in [5.41, 5.74) is 5.17. The lowest BCUT2D eigenvalue weighted by molar-refractivity contribution is 0.634. The van der Waals surface area contributed by atoms with Gasteiger partial charge in [-0.05, 0) is 63.2 Å². The van der Waals surface area contributed by atoms with Crippen LogP contribution < -0.4 is 10.9 Å². The number of aryl methyl sites for hydroxylation is 3. The van der Waals surface area contributed by atoms with Crippen LogP contribution in [0.2, 0.25) is 0 Å². The highest BCUT2D eigenvalue weighted by atomic mass is 16.1. The minimum Gasteiger partial charge on any atom is -0.354 e. The van der Waals surface area contributed by atoms with Crippen LogP contribution in [0.4, 0.5) is 0 Å². The lowest BCUT2D eigenvalue weighted by atomic mass is 10.1. The largest absolute Gasteiger partial charge is 0.354 e. The van der Waals surface area contributed by atoms with Crippen LogP contribution in [0, 0.1) is 13.8 Å². The van der Waals surface area contributed by atoms with Gasteiger partial charge in [0.2, 0.25) is 0 Å². The Morgan fingerprint density at radius 3 is 1.51 bits per heavy atom. The third kappa shape index (κ3) is 4.47. The first-order valence-electron chi connectivity index (χ1n) is 12.0. The highest BCUT2D eigenvalue weighted by molar-refractivity contribution is 6.02. The topological polar surface area (TPSA) is 83.5 Å². The maximum absolute atomic E-state index is 12.8. The van der Waals surface area contributed by atoms with Crippen LogP contribution in [0.5, 0.6) is 0 Å². The molecular weight excluding hydrogens is 436 g/mol. The molecule has 6 nitrogen and oxygen atoms in total. The molecule has 35 heavy (non-hydrogen) atoms. The van der Waals surface area contributed by atoms with E-state index in [4.69, 9.17) is 0 Å². The van der Waals surface area contributed by atoms with Crippen LogP contribution in [0.1, 0.15) is 32.2 Å². The Morgan fingerprint density at radius 2 is 1.14 bits per heavy atom. The van der Waals surface area contributed by atoms with Crippen LogP contribution in [-0.4, -0.2) is 19.7 Å². The molecule has 0 aliphatic carbocycles. The van der Waals surface area contributed by atoms with Crippen molar-refractivity contribution in [3.63, 3.8) is 0 Å². The Balaban J connectivity index is 0.000000222. The van der Waals surface area contributed by atoms with Gasteiger partial charge in [-0.2, -0.15) is 5.10 Å². The van der Waals surface area contributed by atoms with Crippen molar-refractivity contribution >= 4 is 43.6 Å². The van der Waals surface area contributed by atoms with Gasteiger partial charge in [0, 0.05) is 44.8 Å². The quantitative estimate of drug-likeness (QED) is 0.282. The number of H-pyrrole nitrogens is 2. The third-order valence-corrected chi connectivity index (χ3v) is 5.93. The first kappa shape index (κ1) is 24.0. The van der Waals surface area contributed by atoms with Gasteiger partial charge in [-0.25, -0.2) is 0 Å². The highest BCUT2D eigenvalue weighted by Crippen LogP contribution is 2.21. The summed E-state index contributed by atoms with van der Waals surface area (Å²) in [4.78, 5) is 32.1. The SMILES string of the molecule is CC.CCn1nc(C)cc1C.O=c1c2ccccc2[nH]c2cc3c(=O)c4ccccc4[nH]c3cc12. The molecule has 0 unspecified atom stereocenters. The Labute approximate surface area is 203 Å². The van der Waals surface area contributed by atoms with Gasteiger partial charge in [0.05, 0.1) is 16.7 Å². The van der Waals surface area contributed by atoms with Gasteiger partial charge < -0.3 is 9.97 Å². The monoisotopic (exact) mass is 466 g/mol. The number of hydrogen-bond acceptors (Lipinski definition) is 3. The minimum atomic E-state index is -0.0322. The summed E-state index contributed by atoms with van der Waals surface area (Å²) in [6.07, 6.45) is 0. The molecule has 0 saturated carbocycles. The van der Waals surface area contributed by atoms with Crippen molar-refractivity contribution in [2.75, 3.05) is 0 Å². The van der Waals surface area contributed by atoms with Gasteiger partial charge in [-0.3, -0.25) is 14.3 Å². The van der Waals surface area contributed by atoms with E-state index < -0.39 is 0 Å². The zero-order valence-electron chi connectivity index (χ0n) is 20.8. The molecule has 178 valence electrons. The standard InChI is InChI=1S/C20H12N2O2.C7H12N2.C2H6/c23-19-11-5-1-3-7-15(11)21-17-10-14-18(9-13(17)19)22-16-8-4-2-6-12(16)20(14)24;1-4-9-7(3)5-6(2)8-9;1-2/h1-10H,(H,21,23)(H,22,24);5H,4H2,1-3H3;1-2H3. The number of nitrogens with zero attached hydrogens (tertiary/aromatic N) is 2. The Kier molecular flexibility index (Phi) is 6.82. The lowest BCUT2D eigenvalue weighted by Gasteiger charge is -2.06. The van der Waals surface area contributed by atoms with Gasteiger partial charge in [0.15, 0.2) is 10.9 Å². The number of rotatable bonds is 1. The Bertz CT molecular complexity index is 1660. The number of aromatic amines is 2. The predicted octanol–water partition coefficient (Wildman–Crippen LogP) is 6.22. The van der Waals surface area contributed by atoms with E-state index in [1.165, 1.54) is 5.69 Å². The second-order valence-electron chi connectivity index (χ2n) is 8.19. The number of hydrogen-bond donors (Lipinski definition) is 2. The van der Waals surface area contributed by atoms with E-state index in [2.05, 4.69) is 35.0 Å². The van der Waals surface area contributed by atoms with E-state index in [1.807, 2.05) is 61.9 Å². The summed E-state index contributed by atoms with van der Waals surface area (Å²) in [7, 11) is 0. The molecule has 0 amide bonds. The Hall–Kier alpha value is -4.19. The van der Waals surface area contributed by atoms with Crippen molar-refractivity contribution in [1.29, 1.82) is 0 Å². The lowest BCUT2D eigenvalue weighted by Crippen LogP contribution is -2.08. The smallest absolute Gasteiger partial charge is 0.197 e. The van der Waals surface area contributed by atoms with Gasteiger partial charge in [0.25, 0.3) is 0 Å². The first-order valence-corrected chi connectivity index (χ1v) is 12.0. The van der Waals surface area contributed by atoms with Gasteiger partial charge in [-0.1, -0.05) is 38.1 Å². The van der Waals surface area contributed by atoms with Gasteiger partial charge in [0.1, 0.15) is 0 Å². The molecule has 3 aromatic carbocycles. The number of benzene rings is 3. The van der Waals surface area contributed by atoms with Crippen molar-refractivity contribution in [3.05, 3.63) is 98.6 Å². The minimum absolute atomic E-state index is 0.0322. The van der Waals surface area contributed by atoms with Crippen LogP contribution in [0.25, 0.3) is 43.6 Å². The van der Waals surface area contributed by atoms with Crippen molar-refractivity contribution in [3.8, 4) is 0 Å². The van der Waals surface area contributed by atoms with E-state index in [9.17, 15) is 9.59 Å². The maximum Gasteiger partial charge on any atom is 0.197 e. The molecule has 6 aromatic rings. The second-order valence-corrected chi connectivity index (χ2v) is 8.19. The first-order chi connectivity index (χ1) is 17.0. The predicted molar refractivity (Wildman–Crippen MR) is 146 cm³/mol. The third-order valence-electron chi connectivity index (χ3n) is 5.93. The zero-order valence-corrected chi connectivity index (χ0v) is 20.8. The van der Waals surface area contributed by atoms with Gasteiger partial charge >= 0.3 is 0 Å². The zero-order chi connectivity index (χ0) is 25.1. The van der Waals surface area contributed by atoms with Gasteiger partial charge in [-0.15, -0.1) is 0 Å². The molecule has 0 fully saturated rings. The average Bonchev–Trinajstić information content (AvgIpc) is 3.22. The molecular formula is C29H30N4O2. The number of pyridine rings is 2. The average molecular weight is 467 g/mol. The van der Waals surface area contributed by atoms with E-state index in [-0.39, 0.29) is 10.9 Å². The van der Waals surface area contributed by atoms with Crippen LogP contribution in [0.3, 0.4) is 0 Å². The highest BCUT2D eigenvalue weighted by Gasteiger charge is 2.10. The van der Waals surface area contributed by atoms with Crippen LogP contribution >= 0.6 is 0 Å². The molecule has 0 radical (unpaired) electrons. The van der Waals surface area contributed by atoms with Crippen LogP contribution in [0.15, 0.2) is 76.3 Å². The molecule has 3 heterocycles. The van der Waals surface area contributed by atoms with E-state index in [0.29, 0.717) is 32.6 Å². The van der Waals surface area contributed by atoms with E-state index >= 15 is 0 Å². The molecule has 6 heteroatoms. The molecule has 0 atom stereocenters. The maximum atomic E-state index is 12.8. The number of nitrogens with one attached hydrogen (secondary N) is 2. The molecule has 0 saturated heterocycles. The van der Waals surface area contributed by atoms with Crippen molar-refractivity contribution in [2.24, 2.45) is 0 Å². The summed E-state index contributed by atoms with van der Waals surface area (Å²) in [6.45, 7) is 11.2. The van der Waals surface area contributed by atoms with Crippen molar-refractivity contribution in [1.82, 2.24) is 19.7 Å². The second kappa shape index (κ2) is 9.97. The molecule has 2 N–H and O–H groups in total. The fourth-order valence-electron chi connectivity index (χ4n) is 4.34. The molecule has 0 bridgehead atoms. The van der Waals surface area contributed by atoms with Crippen molar-refractivity contribution in [2.45, 2.75) is 41.2 Å². The number of para-hydroxylation sites is 2. The molecule has 0 aliphatic rings. The number of fused-ring (bicyclic) bond motifs is 4. The summed E-state index contributed by atoms with van der Waals surface area (Å²) < 4.78 is 2.00. The number of aromatic nitrogens is 4. The van der Waals surface area contributed by atoms with Crippen LogP contribution in [-0.2, 0) is 6.54 Å². The summed E-state index contributed by atoms with van der Waals surface area (Å²) in [6, 6.07) is 20.4. The summed E-state index contributed by atoms with van der Waals surface area (Å²) >= 11 is 0. The summed E-state index contributed by atoms with van der Waals surface area (Å²) in [5.74, 6) is 0. The fraction of sp³-hybridized carbons (Fsp3) is 0.207. The van der Waals surface area contributed by atoms with E-state index in [1.54, 1.807) is 24.3 Å². The normalized spacial score (nSPS) is 10.8. The molecule has 6 rings (SSSR count). The molecule has 3 aromatic heterocycles. The van der Waals surface area contributed by atoms with Crippen molar-refractivity contribution < 1.29 is 0 Å². The molecule has 0 aliphatic heterocycles.